The molecule has 0 bridgehead atoms. The van der Waals surface area contributed by atoms with Crippen molar-refractivity contribution in [2.75, 3.05) is 0 Å². The number of hydrogen-bond donors (Lipinski definition) is 2. The normalized spacial score (nSPS) is 11.1. The Balaban J connectivity index is 2.23. The molecule has 0 fully saturated rings. The molecular weight excluding hydrogens is 285 g/mol. The fourth-order valence-corrected chi connectivity index (χ4v) is 2.32. The van der Waals surface area contributed by atoms with E-state index in [0.717, 1.165) is 16.8 Å². The standard InChI is InChI=1S/C13H9Cl2N3O/c1-6-16-11-5-10(18-12(11)13(19)17-6)7-2-3-8(14)9(15)4-7/h2-5,18H,1H3,(H,16,17,19)/p+1. The summed E-state index contributed by atoms with van der Waals surface area (Å²) in [4.78, 5) is 20.7. The van der Waals surface area contributed by atoms with Crippen molar-refractivity contribution in [2.24, 2.45) is 0 Å². The van der Waals surface area contributed by atoms with Crippen molar-refractivity contribution in [3.05, 3.63) is 50.5 Å². The molecule has 0 aliphatic rings. The van der Waals surface area contributed by atoms with Gasteiger partial charge in [0.1, 0.15) is 0 Å². The summed E-state index contributed by atoms with van der Waals surface area (Å²) in [6.07, 6.45) is 0. The third-order valence-corrected chi connectivity index (χ3v) is 3.64. The van der Waals surface area contributed by atoms with Crippen LogP contribution in [0.2, 0.25) is 10.0 Å². The van der Waals surface area contributed by atoms with E-state index in [2.05, 4.69) is 15.0 Å². The lowest BCUT2D eigenvalue weighted by molar-refractivity contribution is -0.360. The second-order valence-electron chi connectivity index (χ2n) is 4.30. The average molecular weight is 295 g/mol. The molecule has 0 aliphatic carbocycles. The second kappa shape index (κ2) is 4.40. The van der Waals surface area contributed by atoms with Crippen LogP contribution in [0.4, 0.5) is 0 Å². The van der Waals surface area contributed by atoms with Gasteiger partial charge in [-0.05, 0) is 17.7 Å². The second-order valence-corrected chi connectivity index (χ2v) is 5.12. The number of H-pyrrole nitrogens is 3. The Labute approximate surface area is 118 Å². The zero-order valence-corrected chi connectivity index (χ0v) is 11.5. The number of aromatic nitrogens is 3. The first kappa shape index (κ1) is 12.3. The maximum Gasteiger partial charge on any atom is 0.359 e. The summed E-state index contributed by atoms with van der Waals surface area (Å²) in [5, 5.41) is 0.980. The van der Waals surface area contributed by atoms with Crippen LogP contribution in [0.25, 0.3) is 22.3 Å². The maximum atomic E-state index is 11.8. The molecule has 0 saturated heterocycles. The third kappa shape index (κ3) is 2.13. The van der Waals surface area contributed by atoms with Gasteiger partial charge >= 0.3 is 5.56 Å². The van der Waals surface area contributed by atoms with Crippen LogP contribution >= 0.6 is 23.2 Å². The van der Waals surface area contributed by atoms with E-state index in [1.807, 2.05) is 12.1 Å². The molecule has 0 radical (unpaired) electrons. The average Bonchev–Trinajstić information content (AvgIpc) is 2.76. The van der Waals surface area contributed by atoms with Gasteiger partial charge in [0.05, 0.1) is 15.7 Å². The van der Waals surface area contributed by atoms with Crippen LogP contribution in [0.1, 0.15) is 5.82 Å². The molecule has 0 unspecified atom stereocenters. The minimum absolute atomic E-state index is 0.155. The Hall–Kier alpha value is -1.78. The fourth-order valence-electron chi connectivity index (χ4n) is 2.02. The summed E-state index contributed by atoms with van der Waals surface area (Å²) in [6, 6.07) is 7.21. The molecule has 3 aromatic rings. The molecule has 1 aromatic carbocycles. The Morgan fingerprint density at radius 2 is 1.89 bits per heavy atom. The number of benzene rings is 1. The summed E-state index contributed by atoms with van der Waals surface area (Å²) < 4.78 is 0. The molecule has 0 spiro atoms. The van der Waals surface area contributed by atoms with E-state index in [9.17, 15) is 4.79 Å². The van der Waals surface area contributed by atoms with Crippen LogP contribution in [0.3, 0.4) is 0 Å². The Bertz CT molecular complexity index is 836. The smallest absolute Gasteiger partial charge is 0.345 e. The lowest BCUT2D eigenvalue weighted by atomic mass is 10.1. The Morgan fingerprint density at radius 3 is 2.63 bits per heavy atom. The molecule has 0 aliphatic heterocycles. The van der Waals surface area contributed by atoms with Gasteiger partial charge < -0.3 is 4.98 Å². The lowest BCUT2D eigenvalue weighted by Crippen LogP contribution is -2.19. The van der Waals surface area contributed by atoms with Crippen molar-refractivity contribution in [1.82, 2.24) is 9.97 Å². The molecule has 2 aromatic heterocycles. The number of hydrogen-bond acceptors (Lipinski definition) is 1. The SMILES string of the molecule is Cc1[nH]c(=O)c2[nH]c(-c3ccc(Cl)c(Cl)c3)cc2[nH+]1. The summed E-state index contributed by atoms with van der Waals surface area (Å²) >= 11 is 11.9. The minimum atomic E-state index is -0.155. The van der Waals surface area contributed by atoms with Crippen molar-refractivity contribution in [1.29, 1.82) is 0 Å². The highest BCUT2D eigenvalue weighted by Gasteiger charge is 2.12. The highest BCUT2D eigenvalue weighted by atomic mass is 35.5. The highest BCUT2D eigenvalue weighted by Crippen LogP contribution is 2.28. The van der Waals surface area contributed by atoms with Crippen LogP contribution in [0, 0.1) is 6.92 Å². The lowest BCUT2D eigenvalue weighted by Gasteiger charge is -1.99. The third-order valence-electron chi connectivity index (χ3n) is 2.90. The first-order chi connectivity index (χ1) is 9.04. The van der Waals surface area contributed by atoms with E-state index in [4.69, 9.17) is 23.2 Å². The van der Waals surface area contributed by atoms with Crippen LogP contribution in [-0.4, -0.2) is 9.97 Å². The van der Waals surface area contributed by atoms with Gasteiger partial charge in [0.25, 0.3) is 5.82 Å². The van der Waals surface area contributed by atoms with Gasteiger partial charge in [0.2, 0.25) is 0 Å². The predicted molar refractivity (Wildman–Crippen MR) is 75.7 cm³/mol. The predicted octanol–water partition coefficient (Wildman–Crippen LogP) is 2.95. The largest absolute Gasteiger partial charge is 0.359 e. The van der Waals surface area contributed by atoms with Gasteiger partial charge in [0.15, 0.2) is 11.0 Å². The van der Waals surface area contributed by atoms with Gasteiger partial charge in [-0.3, -0.25) is 0 Å². The zero-order chi connectivity index (χ0) is 13.6. The number of fused-ring (bicyclic) bond motifs is 1. The monoisotopic (exact) mass is 294 g/mol. The first-order valence-electron chi connectivity index (χ1n) is 5.65. The van der Waals surface area contributed by atoms with E-state index in [1.165, 1.54) is 0 Å². The summed E-state index contributed by atoms with van der Waals surface area (Å²) in [6.45, 7) is 1.80. The van der Waals surface area contributed by atoms with Crippen molar-refractivity contribution in [2.45, 2.75) is 6.92 Å². The molecular formula is C13H10Cl2N3O+. The maximum absolute atomic E-state index is 11.8. The molecule has 19 heavy (non-hydrogen) atoms. The molecule has 6 heteroatoms. The molecule has 0 amide bonds. The minimum Gasteiger partial charge on any atom is -0.345 e. The molecule has 3 rings (SSSR count). The van der Waals surface area contributed by atoms with Crippen molar-refractivity contribution in [3.63, 3.8) is 0 Å². The summed E-state index contributed by atoms with van der Waals surface area (Å²) in [7, 11) is 0. The van der Waals surface area contributed by atoms with Crippen LogP contribution in [0.15, 0.2) is 29.1 Å². The number of rotatable bonds is 1. The van der Waals surface area contributed by atoms with Crippen LogP contribution < -0.4 is 10.5 Å². The molecule has 4 nitrogen and oxygen atoms in total. The summed E-state index contributed by atoms with van der Waals surface area (Å²) in [5.74, 6) is 0.706. The Kier molecular flexibility index (Phi) is 2.84. The number of nitrogens with one attached hydrogen (secondary N) is 3. The van der Waals surface area contributed by atoms with E-state index >= 15 is 0 Å². The zero-order valence-electron chi connectivity index (χ0n) is 9.97. The van der Waals surface area contributed by atoms with Crippen molar-refractivity contribution < 1.29 is 4.98 Å². The fraction of sp³-hybridized carbons (Fsp3) is 0.0769. The number of aryl methyl sites for hydroxylation is 1. The van der Waals surface area contributed by atoms with Gasteiger partial charge in [0, 0.05) is 13.0 Å². The van der Waals surface area contributed by atoms with E-state index in [-0.39, 0.29) is 5.56 Å². The summed E-state index contributed by atoms with van der Waals surface area (Å²) in [5.41, 5.74) is 2.78. The molecule has 0 saturated carbocycles. The van der Waals surface area contributed by atoms with Gasteiger partial charge in [-0.25, -0.2) is 14.8 Å². The van der Waals surface area contributed by atoms with Crippen LogP contribution in [-0.2, 0) is 0 Å². The quantitative estimate of drug-likeness (QED) is 0.712. The first-order valence-corrected chi connectivity index (χ1v) is 6.40. The highest BCUT2D eigenvalue weighted by molar-refractivity contribution is 6.42. The Morgan fingerprint density at radius 1 is 1.11 bits per heavy atom. The molecule has 2 heterocycles. The number of halogens is 2. The molecule has 3 N–H and O–H groups in total. The number of aromatic amines is 3. The molecule has 96 valence electrons. The molecule has 0 atom stereocenters. The van der Waals surface area contributed by atoms with Gasteiger partial charge in [-0.2, -0.15) is 0 Å². The van der Waals surface area contributed by atoms with E-state index in [0.29, 0.717) is 21.4 Å². The van der Waals surface area contributed by atoms with Gasteiger partial charge in [-0.1, -0.05) is 29.3 Å². The van der Waals surface area contributed by atoms with E-state index in [1.54, 1.807) is 19.1 Å². The van der Waals surface area contributed by atoms with Crippen molar-refractivity contribution >= 4 is 34.2 Å². The van der Waals surface area contributed by atoms with Crippen molar-refractivity contribution in [3.8, 4) is 11.3 Å². The van der Waals surface area contributed by atoms with Crippen LogP contribution in [0.5, 0.6) is 0 Å². The van der Waals surface area contributed by atoms with E-state index < -0.39 is 0 Å². The van der Waals surface area contributed by atoms with Gasteiger partial charge in [-0.15, -0.1) is 0 Å². The topological polar surface area (TPSA) is 62.8 Å².